The Morgan fingerprint density at radius 3 is 2.47 bits per heavy atom. The molecule has 2 aromatic rings. The molecular formula is C27H29N3O5S. The minimum atomic E-state index is -0.459. The van der Waals surface area contributed by atoms with E-state index in [-0.39, 0.29) is 29.9 Å². The van der Waals surface area contributed by atoms with Crippen LogP contribution in [0.4, 0.5) is 10.5 Å². The van der Waals surface area contributed by atoms with Crippen molar-refractivity contribution in [2.45, 2.75) is 33.1 Å². The van der Waals surface area contributed by atoms with E-state index < -0.39 is 11.1 Å². The van der Waals surface area contributed by atoms with Crippen LogP contribution < -0.4 is 10.1 Å². The number of nitrogens with zero attached hydrogens (tertiary/aromatic N) is 2. The van der Waals surface area contributed by atoms with Crippen molar-refractivity contribution in [2.24, 2.45) is 0 Å². The number of likely N-dealkylation sites (tertiary alicyclic amines) is 1. The van der Waals surface area contributed by atoms with Crippen molar-refractivity contribution < 1.29 is 23.9 Å². The number of nitrogens with one attached hydrogen (secondary N) is 1. The third kappa shape index (κ3) is 6.15. The fraction of sp³-hybridized carbons (Fsp3) is 0.333. The minimum absolute atomic E-state index is 0.142. The number of piperidine rings is 1. The van der Waals surface area contributed by atoms with Crippen LogP contribution in [0.3, 0.4) is 0 Å². The van der Waals surface area contributed by atoms with Gasteiger partial charge >= 0.3 is 0 Å². The monoisotopic (exact) mass is 507 g/mol. The molecule has 2 fully saturated rings. The van der Waals surface area contributed by atoms with Crippen LogP contribution >= 0.6 is 11.8 Å². The number of carbonyl (C=O) groups is 4. The maximum absolute atomic E-state index is 12.8. The maximum Gasteiger partial charge on any atom is 0.294 e. The molecule has 0 unspecified atom stereocenters. The number of benzene rings is 2. The molecule has 8 nitrogen and oxygen atoms in total. The van der Waals surface area contributed by atoms with Crippen LogP contribution in [0, 0.1) is 13.8 Å². The Kier molecular flexibility index (Phi) is 8.10. The highest BCUT2D eigenvalue weighted by atomic mass is 32.2. The first-order valence-electron chi connectivity index (χ1n) is 11.9. The number of aryl methyl sites for hydroxylation is 1. The lowest BCUT2D eigenvalue weighted by atomic mass is 10.1. The van der Waals surface area contributed by atoms with Gasteiger partial charge in [0.25, 0.3) is 17.1 Å². The Morgan fingerprint density at radius 2 is 1.75 bits per heavy atom. The molecule has 0 atom stereocenters. The van der Waals surface area contributed by atoms with Crippen LogP contribution in [-0.2, 0) is 14.4 Å². The highest BCUT2D eigenvalue weighted by molar-refractivity contribution is 8.18. The molecule has 0 spiro atoms. The Hall–Kier alpha value is -3.59. The van der Waals surface area contributed by atoms with Gasteiger partial charge in [0.1, 0.15) is 12.3 Å². The van der Waals surface area contributed by atoms with Gasteiger partial charge in [0, 0.05) is 18.8 Å². The van der Waals surface area contributed by atoms with Crippen LogP contribution in [0.15, 0.2) is 47.4 Å². The van der Waals surface area contributed by atoms with Crippen molar-refractivity contribution >= 4 is 46.5 Å². The third-order valence-corrected chi connectivity index (χ3v) is 7.21. The number of rotatable bonds is 7. The second-order valence-electron chi connectivity index (χ2n) is 8.86. The number of amides is 4. The Balaban J connectivity index is 1.31. The second-order valence-corrected chi connectivity index (χ2v) is 9.86. The molecule has 2 heterocycles. The SMILES string of the molecule is Cc1cccc(NC(=O)COc2ccc(/C=C3\SC(=O)N(CC(=O)N4CCCCC4)C3=O)cc2)c1C. The van der Waals surface area contributed by atoms with Gasteiger partial charge in [-0.15, -0.1) is 0 Å². The molecule has 0 radical (unpaired) electrons. The van der Waals surface area contributed by atoms with E-state index in [1.807, 2.05) is 32.0 Å². The van der Waals surface area contributed by atoms with Gasteiger partial charge in [-0.05, 0) is 85.8 Å². The summed E-state index contributed by atoms with van der Waals surface area (Å²) in [6.45, 7) is 4.92. The zero-order valence-electron chi connectivity index (χ0n) is 20.4. The maximum atomic E-state index is 12.8. The van der Waals surface area contributed by atoms with E-state index >= 15 is 0 Å². The van der Waals surface area contributed by atoms with E-state index in [1.54, 1.807) is 35.2 Å². The molecule has 4 amide bonds. The molecule has 2 aromatic carbocycles. The second kappa shape index (κ2) is 11.4. The van der Waals surface area contributed by atoms with Gasteiger partial charge in [-0.1, -0.05) is 24.3 Å². The highest BCUT2D eigenvalue weighted by Crippen LogP contribution is 2.32. The predicted octanol–water partition coefficient (Wildman–Crippen LogP) is 4.37. The zero-order chi connectivity index (χ0) is 25.7. The Labute approximate surface area is 214 Å². The van der Waals surface area contributed by atoms with Gasteiger partial charge in [-0.25, -0.2) is 0 Å². The molecule has 0 aliphatic carbocycles. The summed E-state index contributed by atoms with van der Waals surface area (Å²) in [5, 5.41) is 2.41. The van der Waals surface area contributed by atoms with Gasteiger partial charge in [-0.2, -0.15) is 0 Å². The molecule has 2 aliphatic rings. The van der Waals surface area contributed by atoms with Gasteiger partial charge in [-0.3, -0.25) is 24.1 Å². The summed E-state index contributed by atoms with van der Waals surface area (Å²) in [4.78, 5) is 52.9. The van der Waals surface area contributed by atoms with Crippen LogP contribution in [-0.4, -0.2) is 59.0 Å². The van der Waals surface area contributed by atoms with Gasteiger partial charge in [0.05, 0.1) is 4.91 Å². The van der Waals surface area contributed by atoms with Gasteiger partial charge in [0.15, 0.2) is 6.61 Å². The number of imide groups is 1. The van der Waals surface area contributed by atoms with E-state index in [9.17, 15) is 19.2 Å². The fourth-order valence-corrected chi connectivity index (χ4v) is 4.89. The molecule has 2 saturated heterocycles. The first-order valence-corrected chi connectivity index (χ1v) is 12.8. The number of anilines is 1. The average molecular weight is 508 g/mol. The molecule has 0 bridgehead atoms. The quantitative estimate of drug-likeness (QED) is 0.559. The Bertz CT molecular complexity index is 1200. The van der Waals surface area contributed by atoms with Crippen LogP contribution in [0.1, 0.15) is 36.0 Å². The number of hydrogen-bond acceptors (Lipinski definition) is 6. The predicted molar refractivity (Wildman–Crippen MR) is 140 cm³/mol. The number of hydrogen-bond donors (Lipinski definition) is 1. The van der Waals surface area contributed by atoms with Crippen molar-refractivity contribution in [1.29, 1.82) is 0 Å². The molecule has 1 N–H and O–H groups in total. The van der Waals surface area contributed by atoms with Crippen molar-refractivity contribution in [3.05, 3.63) is 64.1 Å². The summed E-state index contributed by atoms with van der Waals surface area (Å²) in [6.07, 6.45) is 4.61. The largest absolute Gasteiger partial charge is 0.484 e. The van der Waals surface area contributed by atoms with Gasteiger partial charge in [0.2, 0.25) is 5.91 Å². The zero-order valence-corrected chi connectivity index (χ0v) is 21.2. The molecule has 36 heavy (non-hydrogen) atoms. The van der Waals surface area contributed by atoms with E-state index in [0.717, 1.165) is 52.7 Å². The summed E-state index contributed by atoms with van der Waals surface area (Å²) < 4.78 is 5.58. The standard InChI is InChI=1S/C27H29N3O5S/c1-18-7-6-8-22(19(18)2)28-24(31)17-35-21-11-9-20(10-12-21)15-23-26(33)30(27(34)36-23)16-25(32)29-13-4-3-5-14-29/h6-12,15H,3-5,13-14,16-17H2,1-2H3,(H,28,31)/b23-15-. The molecular weight excluding hydrogens is 478 g/mol. The van der Waals surface area contributed by atoms with Crippen LogP contribution in [0.2, 0.25) is 0 Å². The first-order chi connectivity index (χ1) is 17.3. The lowest BCUT2D eigenvalue weighted by Crippen LogP contribution is -2.44. The fourth-order valence-electron chi connectivity index (χ4n) is 4.05. The smallest absolute Gasteiger partial charge is 0.294 e. The van der Waals surface area contributed by atoms with Crippen LogP contribution in [0.25, 0.3) is 6.08 Å². The molecule has 0 aromatic heterocycles. The van der Waals surface area contributed by atoms with Crippen LogP contribution in [0.5, 0.6) is 5.75 Å². The van der Waals surface area contributed by atoms with Gasteiger partial charge < -0.3 is 15.0 Å². The summed E-state index contributed by atoms with van der Waals surface area (Å²) in [5.74, 6) is -0.413. The van der Waals surface area contributed by atoms with E-state index in [2.05, 4.69) is 5.32 Å². The summed E-state index contributed by atoms with van der Waals surface area (Å²) in [5.41, 5.74) is 3.56. The lowest BCUT2D eigenvalue weighted by Gasteiger charge is -2.27. The first kappa shape index (κ1) is 25.5. The van der Waals surface area contributed by atoms with Crippen molar-refractivity contribution in [3.63, 3.8) is 0 Å². The molecule has 2 aliphatic heterocycles. The normalized spacial score (nSPS) is 17.0. The number of thioether (sulfide) groups is 1. The third-order valence-electron chi connectivity index (χ3n) is 6.30. The van der Waals surface area contributed by atoms with Crippen molar-refractivity contribution in [2.75, 3.05) is 31.6 Å². The number of ether oxygens (including phenoxy) is 1. The molecule has 4 rings (SSSR count). The molecule has 188 valence electrons. The summed E-state index contributed by atoms with van der Waals surface area (Å²) >= 11 is 0.830. The van der Waals surface area contributed by atoms with E-state index in [0.29, 0.717) is 24.4 Å². The topological polar surface area (TPSA) is 96.0 Å². The summed E-state index contributed by atoms with van der Waals surface area (Å²) in [7, 11) is 0. The average Bonchev–Trinajstić information content (AvgIpc) is 3.14. The van der Waals surface area contributed by atoms with E-state index in [1.165, 1.54) is 0 Å². The van der Waals surface area contributed by atoms with Crippen molar-refractivity contribution in [3.8, 4) is 5.75 Å². The molecule has 9 heteroatoms. The van der Waals surface area contributed by atoms with Crippen molar-refractivity contribution in [1.82, 2.24) is 9.80 Å². The van der Waals surface area contributed by atoms with E-state index in [4.69, 9.17) is 4.74 Å². The summed E-state index contributed by atoms with van der Waals surface area (Å²) in [6, 6.07) is 12.6. The minimum Gasteiger partial charge on any atom is -0.484 e. The number of carbonyl (C=O) groups excluding carboxylic acids is 4. The molecule has 0 saturated carbocycles. The Morgan fingerprint density at radius 1 is 1.03 bits per heavy atom. The highest BCUT2D eigenvalue weighted by Gasteiger charge is 2.37. The lowest BCUT2D eigenvalue weighted by molar-refractivity contribution is -0.136.